The van der Waals surface area contributed by atoms with Crippen molar-refractivity contribution in [1.82, 2.24) is 0 Å². The molecule has 0 aliphatic carbocycles. The van der Waals surface area contributed by atoms with Crippen molar-refractivity contribution in [3.8, 4) is 11.5 Å². The van der Waals surface area contributed by atoms with E-state index in [-0.39, 0.29) is 11.9 Å². The molecule has 0 fully saturated rings. The second kappa shape index (κ2) is 6.72. The van der Waals surface area contributed by atoms with Crippen molar-refractivity contribution >= 4 is 17.4 Å². The first-order chi connectivity index (χ1) is 9.99. The van der Waals surface area contributed by atoms with E-state index in [9.17, 15) is 4.39 Å². The van der Waals surface area contributed by atoms with Crippen LogP contribution in [0.3, 0.4) is 0 Å². The molecule has 2 rings (SSSR count). The average molecular weight is 307 g/mol. The van der Waals surface area contributed by atoms with Crippen molar-refractivity contribution in [2.24, 2.45) is 0 Å². The van der Waals surface area contributed by atoms with Gasteiger partial charge >= 0.3 is 0 Å². The van der Waals surface area contributed by atoms with Gasteiger partial charge in [-0.2, -0.15) is 0 Å². The molecule has 3 nitrogen and oxygen atoms in total. The predicted molar refractivity (Wildman–Crippen MR) is 83.7 cm³/mol. The van der Waals surface area contributed by atoms with Gasteiger partial charge < -0.3 is 15.2 Å². The van der Waals surface area contributed by atoms with Crippen LogP contribution in [0.15, 0.2) is 46.2 Å². The molecule has 0 aliphatic rings. The van der Waals surface area contributed by atoms with Crippen LogP contribution in [0.2, 0.25) is 0 Å². The Labute approximate surface area is 128 Å². The fourth-order valence-electron chi connectivity index (χ4n) is 1.77. The first kappa shape index (κ1) is 15.5. The van der Waals surface area contributed by atoms with E-state index in [4.69, 9.17) is 15.2 Å². The molecule has 0 spiro atoms. The van der Waals surface area contributed by atoms with Crippen molar-refractivity contribution in [3.63, 3.8) is 0 Å². The van der Waals surface area contributed by atoms with Crippen LogP contribution >= 0.6 is 11.8 Å². The number of halogens is 1. The van der Waals surface area contributed by atoms with Crippen LogP contribution in [0.25, 0.3) is 0 Å². The lowest BCUT2D eigenvalue weighted by Gasteiger charge is -2.13. The second-order valence-electron chi connectivity index (χ2n) is 4.77. The molecule has 2 N–H and O–H groups in total. The number of anilines is 1. The Hall–Kier alpha value is -1.88. The number of rotatable bonds is 5. The summed E-state index contributed by atoms with van der Waals surface area (Å²) in [5.41, 5.74) is 6.28. The van der Waals surface area contributed by atoms with Gasteiger partial charge in [0.15, 0.2) is 11.6 Å². The number of benzene rings is 2. The van der Waals surface area contributed by atoms with E-state index in [1.807, 2.05) is 38.1 Å². The van der Waals surface area contributed by atoms with Gasteiger partial charge in [-0.1, -0.05) is 17.8 Å². The van der Waals surface area contributed by atoms with Crippen LogP contribution in [0.4, 0.5) is 10.1 Å². The number of hydrogen-bond donors (Lipinski definition) is 1. The summed E-state index contributed by atoms with van der Waals surface area (Å²) in [4.78, 5) is 1.71. The van der Waals surface area contributed by atoms with Crippen LogP contribution in [-0.4, -0.2) is 13.2 Å². The first-order valence-corrected chi connectivity index (χ1v) is 7.39. The van der Waals surface area contributed by atoms with E-state index in [1.165, 1.54) is 17.8 Å². The summed E-state index contributed by atoms with van der Waals surface area (Å²) < 4.78 is 24.5. The molecule has 0 saturated carbocycles. The molecular weight excluding hydrogens is 289 g/mol. The lowest BCUT2D eigenvalue weighted by atomic mass is 10.3. The molecule has 0 amide bonds. The summed E-state index contributed by atoms with van der Waals surface area (Å²) in [7, 11) is 1.62. The van der Waals surface area contributed by atoms with Crippen molar-refractivity contribution in [2.75, 3.05) is 12.8 Å². The molecule has 2 aromatic rings. The summed E-state index contributed by atoms with van der Waals surface area (Å²) in [5.74, 6) is 0.528. The minimum Gasteiger partial charge on any atom is -0.497 e. The summed E-state index contributed by atoms with van der Waals surface area (Å²) in [5, 5.41) is 0. The van der Waals surface area contributed by atoms with E-state index >= 15 is 0 Å². The number of nitrogen functional groups attached to an aromatic ring is 1. The van der Waals surface area contributed by atoms with E-state index in [0.717, 1.165) is 15.5 Å². The Balaban J connectivity index is 2.30. The monoisotopic (exact) mass is 307 g/mol. The number of hydrogen-bond acceptors (Lipinski definition) is 4. The Morgan fingerprint density at radius 3 is 2.62 bits per heavy atom. The van der Waals surface area contributed by atoms with Gasteiger partial charge in [-0.15, -0.1) is 0 Å². The van der Waals surface area contributed by atoms with Gasteiger partial charge in [0, 0.05) is 21.5 Å². The maximum Gasteiger partial charge on any atom is 0.167 e. The predicted octanol–water partition coefficient (Wildman–Crippen LogP) is 4.35. The molecular formula is C16H18FNO2S. The van der Waals surface area contributed by atoms with Crippen molar-refractivity contribution < 1.29 is 13.9 Å². The molecule has 0 unspecified atom stereocenters. The zero-order valence-corrected chi connectivity index (χ0v) is 13.0. The first-order valence-electron chi connectivity index (χ1n) is 6.57. The van der Waals surface area contributed by atoms with Crippen LogP contribution in [0.1, 0.15) is 13.8 Å². The fraction of sp³-hybridized carbons (Fsp3) is 0.250. The highest BCUT2D eigenvalue weighted by atomic mass is 32.2. The minimum absolute atomic E-state index is 0.0993. The Morgan fingerprint density at radius 1 is 1.19 bits per heavy atom. The van der Waals surface area contributed by atoms with Gasteiger partial charge in [0.05, 0.1) is 13.2 Å². The maximum absolute atomic E-state index is 13.8. The fourth-order valence-corrected chi connectivity index (χ4v) is 2.69. The van der Waals surface area contributed by atoms with E-state index in [1.54, 1.807) is 13.2 Å². The zero-order valence-electron chi connectivity index (χ0n) is 12.2. The molecule has 5 heteroatoms. The summed E-state index contributed by atoms with van der Waals surface area (Å²) in [6, 6.07) is 10.5. The van der Waals surface area contributed by atoms with Crippen LogP contribution < -0.4 is 15.2 Å². The minimum atomic E-state index is -0.448. The number of methoxy groups -OCH3 is 1. The van der Waals surface area contributed by atoms with Gasteiger partial charge in [-0.05, 0) is 38.1 Å². The molecule has 0 aromatic heterocycles. The normalized spacial score (nSPS) is 10.7. The average Bonchev–Trinajstić information content (AvgIpc) is 2.44. The quantitative estimate of drug-likeness (QED) is 0.834. The van der Waals surface area contributed by atoms with Crippen molar-refractivity contribution in [2.45, 2.75) is 29.7 Å². The summed E-state index contributed by atoms with van der Waals surface area (Å²) in [6.45, 7) is 3.70. The smallest absolute Gasteiger partial charge is 0.167 e. The Kier molecular flexibility index (Phi) is 4.96. The largest absolute Gasteiger partial charge is 0.497 e. The maximum atomic E-state index is 13.8. The third-order valence-electron chi connectivity index (χ3n) is 2.70. The van der Waals surface area contributed by atoms with Crippen LogP contribution in [-0.2, 0) is 0 Å². The van der Waals surface area contributed by atoms with Gasteiger partial charge in [-0.3, -0.25) is 0 Å². The lowest BCUT2D eigenvalue weighted by Crippen LogP contribution is -2.07. The van der Waals surface area contributed by atoms with Gasteiger partial charge in [0.1, 0.15) is 5.75 Å². The highest BCUT2D eigenvalue weighted by Crippen LogP contribution is 2.37. The highest BCUT2D eigenvalue weighted by Gasteiger charge is 2.12. The van der Waals surface area contributed by atoms with Gasteiger partial charge in [0.25, 0.3) is 0 Å². The van der Waals surface area contributed by atoms with E-state index in [2.05, 4.69) is 0 Å². The Bertz CT molecular complexity index is 632. The van der Waals surface area contributed by atoms with Crippen LogP contribution in [0.5, 0.6) is 11.5 Å². The summed E-state index contributed by atoms with van der Waals surface area (Å²) >= 11 is 1.44. The van der Waals surface area contributed by atoms with Crippen molar-refractivity contribution in [3.05, 3.63) is 42.2 Å². The zero-order chi connectivity index (χ0) is 15.4. The molecule has 21 heavy (non-hydrogen) atoms. The van der Waals surface area contributed by atoms with Crippen LogP contribution in [0, 0.1) is 5.82 Å². The van der Waals surface area contributed by atoms with Crippen molar-refractivity contribution in [1.29, 1.82) is 0 Å². The molecule has 0 radical (unpaired) electrons. The molecule has 0 saturated heterocycles. The lowest BCUT2D eigenvalue weighted by molar-refractivity contribution is 0.230. The second-order valence-corrected chi connectivity index (χ2v) is 5.88. The standard InChI is InChI=1S/C16H18FNO2S/c1-10(2)20-15-9-16(14(18)8-13(15)17)21-12-6-4-5-11(7-12)19-3/h4-10H,18H2,1-3H3. The highest BCUT2D eigenvalue weighted by molar-refractivity contribution is 7.99. The molecule has 0 aliphatic heterocycles. The SMILES string of the molecule is COc1cccc(Sc2cc(OC(C)C)c(F)cc2N)c1. The topological polar surface area (TPSA) is 44.5 Å². The number of ether oxygens (including phenoxy) is 2. The summed E-state index contributed by atoms with van der Waals surface area (Å²) in [6.07, 6.45) is -0.0993. The van der Waals surface area contributed by atoms with Gasteiger partial charge in [-0.25, -0.2) is 4.39 Å². The van der Waals surface area contributed by atoms with E-state index in [0.29, 0.717) is 5.69 Å². The number of nitrogens with two attached hydrogens (primary N) is 1. The van der Waals surface area contributed by atoms with E-state index < -0.39 is 5.82 Å². The third-order valence-corrected chi connectivity index (χ3v) is 3.76. The molecule has 0 bridgehead atoms. The molecule has 0 atom stereocenters. The third kappa shape index (κ3) is 4.04. The molecule has 112 valence electrons. The molecule has 0 heterocycles. The Morgan fingerprint density at radius 2 is 1.95 bits per heavy atom. The molecule has 2 aromatic carbocycles. The van der Waals surface area contributed by atoms with Gasteiger partial charge in [0.2, 0.25) is 0 Å².